The number of hydrogen-bond donors (Lipinski definition) is 1. The summed E-state index contributed by atoms with van der Waals surface area (Å²) in [6.07, 6.45) is 0. The zero-order chi connectivity index (χ0) is 12.3. The lowest BCUT2D eigenvalue weighted by molar-refractivity contribution is -0.385. The summed E-state index contributed by atoms with van der Waals surface area (Å²) < 4.78 is 0. The van der Waals surface area contributed by atoms with Crippen molar-refractivity contribution in [2.45, 2.75) is 6.92 Å². The molecular formula is C9H12N2O4S. The van der Waals surface area contributed by atoms with E-state index < -0.39 is 4.92 Å². The molecule has 0 saturated heterocycles. The van der Waals surface area contributed by atoms with E-state index in [2.05, 4.69) is 0 Å². The molecule has 1 aromatic heterocycles. The van der Waals surface area contributed by atoms with Gasteiger partial charge in [-0.25, -0.2) is 0 Å². The predicted octanol–water partition coefficient (Wildman–Crippen LogP) is 1.03. The molecule has 0 bridgehead atoms. The Kier molecular flexibility index (Phi) is 3.97. The van der Waals surface area contributed by atoms with Crippen molar-refractivity contribution in [1.82, 2.24) is 4.90 Å². The highest BCUT2D eigenvalue weighted by Gasteiger charge is 2.21. The Hall–Kier alpha value is -1.47. The average Bonchev–Trinajstić information content (AvgIpc) is 2.59. The van der Waals surface area contributed by atoms with Gasteiger partial charge in [-0.05, 0) is 6.92 Å². The summed E-state index contributed by atoms with van der Waals surface area (Å²) in [5.74, 6) is -0.310. The minimum Gasteiger partial charge on any atom is -0.395 e. The number of aliphatic hydroxyl groups is 1. The molecule has 1 aromatic rings. The van der Waals surface area contributed by atoms with Crippen LogP contribution < -0.4 is 0 Å². The van der Waals surface area contributed by atoms with Gasteiger partial charge in [-0.2, -0.15) is 0 Å². The van der Waals surface area contributed by atoms with Crippen LogP contribution in [0.1, 0.15) is 14.5 Å². The Morgan fingerprint density at radius 3 is 2.75 bits per heavy atom. The molecule has 0 saturated carbocycles. The summed E-state index contributed by atoms with van der Waals surface area (Å²) in [7, 11) is 1.54. The molecule has 1 N–H and O–H groups in total. The Labute approximate surface area is 96.3 Å². The zero-order valence-corrected chi connectivity index (χ0v) is 9.78. The van der Waals surface area contributed by atoms with Crippen molar-refractivity contribution in [1.29, 1.82) is 0 Å². The number of nitro groups is 1. The largest absolute Gasteiger partial charge is 0.395 e. The second kappa shape index (κ2) is 5.04. The van der Waals surface area contributed by atoms with Gasteiger partial charge in [0.05, 0.1) is 21.3 Å². The molecule has 1 heterocycles. The van der Waals surface area contributed by atoms with Gasteiger partial charge < -0.3 is 10.0 Å². The Morgan fingerprint density at radius 2 is 2.31 bits per heavy atom. The van der Waals surface area contributed by atoms with Crippen LogP contribution in [0.3, 0.4) is 0 Å². The molecule has 0 aliphatic rings. The van der Waals surface area contributed by atoms with E-state index in [0.717, 1.165) is 11.3 Å². The molecule has 0 aromatic carbocycles. The predicted molar refractivity (Wildman–Crippen MR) is 59.8 cm³/mol. The molecule has 0 unspecified atom stereocenters. The molecule has 0 radical (unpaired) electrons. The van der Waals surface area contributed by atoms with Crippen LogP contribution in [0.5, 0.6) is 0 Å². The molecule has 16 heavy (non-hydrogen) atoms. The lowest BCUT2D eigenvalue weighted by Crippen LogP contribution is -2.28. The second-order valence-corrected chi connectivity index (χ2v) is 4.52. The summed E-state index contributed by atoms with van der Waals surface area (Å²) in [4.78, 5) is 24.0. The van der Waals surface area contributed by atoms with Gasteiger partial charge in [0.1, 0.15) is 0 Å². The number of carbonyl (C=O) groups excluding carboxylic acids is 1. The molecule has 0 atom stereocenters. The third-order valence-electron chi connectivity index (χ3n) is 2.08. The van der Waals surface area contributed by atoms with Gasteiger partial charge in [0, 0.05) is 19.7 Å². The highest BCUT2D eigenvalue weighted by molar-refractivity contribution is 7.14. The first-order valence-corrected chi connectivity index (χ1v) is 5.40. The number of aryl methyl sites for hydroxylation is 1. The molecular weight excluding hydrogens is 232 g/mol. The molecule has 0 aliphatic carbocycles. The van der Waals surface area contributed by atoms with Crippen molar-refractivity contribution in [2.75, 3.05) is 20.2 Å². The quantitative estimate of drug-likeness (QED) is 0.633. The molecule has 0 fully saturated rings. The third-order valence-corrected chi connectivity index (χ3v) is 3.11. The van der Waals surface area contributed by atoms with E-state index in [1.807, 2.05) is 0 Å². The van der Waals surface area contributed by atoms with Crippen molar-refractivity contribution in [3.05, 3.63) is 25.9 Å². The van der Waals surface area contributed by atoms with Gasteiger partial charge in [-0.3, -0.25) is 14.9 Å². The highest BCUT2D eigenvalue weighted by Crippen LogP contribution is 2.28. The fourth-order valence-corrected chi connectivity index (χ4v) is 2.18. The van der Waals surface area contributed by atoms with Crippen molar-refractivity contribution in [3.63, 3.8) is 0 Å². The number of hydrogen-bond acceptors (Lipinski definition) is 5. The summed E-state index contributed by atoms with van der Waals surface area (Å²) in [6.45, 7) is 1.68. The normalized spacial score (nSPS) is 10.2. The number of nitrogens with zero attached hydrogens (tertiary/aromatic N) is 2. The van der Waals surface area contributed by atoms with Gasteiger partial charge in [0.2, 0.25) is 0 Å². The molecule has 0 spiro atoms. The number of amides is 1. The standard InChI is InChI=1S/C9H12N2O4S/c1-6-7(11(14)15)5-8(16-6)9(13)10(2)3-4-12/h5,12H,3-4H2,1-2H3. The lowest BCUT2D eigenvalue weighted by atomic mass is 10.3. The SMILES string of the molecule is Cc1sc(C(=O)N(C)CCO)cc1[N+](=O)[O-]. The lowest BCUT2D eigenvalue weighted by Gasteiger charge is -2.13. The van der Waals surface area contributed by atoms with E-state index in [4.69, 9.17) is 5.11 Å². The van der Waals surface area contributed by atoms with Crippen LogP contribution in [0, 0.1) is 17.0 Å². The summed E-state index contributed by atoms with van der Waals surface area (Å²) >= 11 is 1.09. The smallest absolute Gasteiger partial charge is 0.283 e. The number of aliphatic hydroxyl groups excluding tert-OH is 1. The summed E-state index contributed by atoms with van der Waals surface area (Å²) in [5.41, 5.74) is -0.0363. The minimum absolute atomic E-state index is 0.0363. The molecule has 1 rings (SSSR count). The fraction of sp³-hybridized carbons (Fsp3) is 0.444. The number of thiophene rings is 1. The highest BCUT2D eigenvalue weighted by atomic mass is 32.1. The molecule has 6 nitrogen and oxygen atoms in total. The molecule has 1 amide bonds. The number of carbonyl (C=O) groups is 1. The molecule has 7 heteroatoms. The van der Waals surface area contributed by atoms with Crippen molar-refractivity contribution in [3.8, 4) is 0 Å². The maximum atomic E-state index is 11.7. The first-order valence-electron chi connectivity index (χ1n) is 4.58. The first-order chi connectivity index (χ1) is 7.47. The van der Waals surface area contributed by atoms with E-state index in [0.29, 0.717) is 9.75 Å². The molecule has 88 valence electrons. The Bertz CT molecular complexity index is 416. The van der Waals surface area contributed by atoms with E-state index in [1.165, 1.54) is 11.0 Å². The number of likely N-dealkylation sites (N-methyl/N-ethyl adjacent to an activating group) is 1. The van der Waals surface area contributed by atoms with E-state index in [1.54, 1.807) is 14.0 Å². The van der Waals surface area contributed by atoms with Crippen LogP contribution in [0.2, 0.25) is 0 Å². The monoisotopic (exact) mass is 244 g/mol. The van der Waals surface area contributed by atoms with Gasteiger partial charge in [-0.1, -0.05) is 0 Å². The Balaban J connectivity index is 2.93. The average molecular weight is 244 g/mol. The van der Waals surface area contributed by atoms with Gasteiger partial charge >= 0.3 is 0 Å². The van der Waals surface area contributed by atoms with Gasteiger partial charge in [-0.15, -0.1) is 11.3 Å². The number of rotatable bonds is 4. The van der Waals surface area contributed by atoms with Crippen molar-refractivity contribution >= 4 is 22.9 Å². The van der Waals surface area contributed by atoms with E-state index in [-0.39, 0.29) is 24.7 Å². The summed E-state index contributed by atoms with van der Waals surface area (Å²) in [5, 5.41) is 19.3. The maximum absolute atomic E-state index is 11.7. The minimum atomic E-state index is -0.505. The topological polar surface area (TPSA) is 83.7 Å². The first kappa shape index (κ1) is 12.6. The fourth-order valence-electron chi connectivity index (χ4n) is 1.20. The third kappa shape index (κ3) is 2.56. The van der Waals surface area contributed by atoms with Gasteiger partial charge in [0.25, 0.3) is 11.6 Å². The van der Waals surface area contributed by atoms with Crippen LogP contribution >= 0.6 is 11.3 Å². The maximum Gasteiger partial charge on any atom is 0.283 e. The Morgan fingerprint density at radius 1 is 1.69 bits per heavy atom. The van der Waals surface area contributed by atoms with Crippen molar-refractivity contribution < 1.29 is 14.8 Å². The summed E-state index contributed by atoms with van der Waals surface area (Å²) in [6, 6.07) is 1.27. The van der Waals surface area contributed by atoms with E-state index >= 15 is 0 Å². The van der Waals surface area contributed by atoms with Crippen LogP contribution in [0.4, 0.5) is 5.69 Å². The molecule has 0 aliphatic heterocycles. The van der Waals surface area contributed by atoms with Crippen molar-refractivity contribution in [2.24, 2.45) is 0 Å². The van der Waals surface area contributed by atoms with Gasteiger partial charge in [0.15, 0.2) is 0 Å². The van der Waals surface area contributed by atoms with Crippen LogP contribution in [-0.4, -0.2) is 41.0 Å². The van der Waals surface area contributed by atoms with E-state index in [9.17, 15) is 14.9 Å². The van der Waals surface area contributed by atoms with Crippen LogP contribution in [0.15, 0.2) is 6.07 Å². The zero-order valence-electron chi connectivity index (χ0n) is 8.97. The van der Waals surface area contributed by atoms with Crippen LogP contribution in [-0.2, 0) is 0 Å². The second-order valence-electron chi connectivity index (χ2n) is 3.26. The van der Waals surface area contributed by atoms with Crippen LogP contribution in [0.25, 0.3) is 0 Å².